The number of fused-ring (bicyclic) bond motifs is 1. The van der Waals surface area contributed by atoms with Crippen LogP contribution in [0.1, 0.15) is 38.7 Å². The number of unbranched alkanes of at least 4 members (excludes halogenated alkanes) is 1. The number of aryl methyl sites for hydroxylation is 1. The number of hydrogen-bond donors (Lipinski definition) is 1. The van der Waals surface area contributed by atoms with Gasteiger partial charge in [-0.2, -0.15) is 0 Å². The van der Waals surface area contributed by atoms with Crippen LogP contribution in [0.25, 0.3) is 10.2 Å². The van der Waals surface area contributed by atoms with Crippen molar-refractivity contribution in [2.45, 2.75) is 44.4 Å². The van der Waals surface area contributed by atoms with Gasteiger partial charge in [-0.1, -0.05) is 53.6 Å². The van der Waals surface area contributed by atoms with Crippen LogP contribution in [0, 0.1) is 0 Å². The molecule has 1 amide bonds. The van der Waals surface area contributed by atoms with Gasteiger partial charge in [-0.25, -0.2) is 4.98 Å². The van der Waals surface area contributed by atoms with Crippen molar-refractivity contribution in [3.8, 4) is 0 Å². The number of thiazole rings is 1. The number of anilines is 1. The number of alkyl halides is 1. The molecule has 2 aromatic rings. The molecule has 1 heterocycles. The Morgan fingerprint density at radius 1 is 1.45 bits per heavy atom. The van der Waals surface area contributed by atoms with E-state index < -0.39 is 0 Å². The fraction of sp³-hybridized carbons (Fsp3) is 0.467. The minimum absolute atomic E-state index is 0.0298. The molecule has 3 nitrogen and oxygen atoms in total. The third kappa shape index (κ3) is 3.79. The number of halogens is 1. The maximum absolute atomic E-state index is 11.8. The lowest BCUT2D eigenvalue weighted by Crippen LogP contribution is -2.21. The second-order valence-electron chi connectivity index (χ2n) is 4.79. The molecule has 0 spiro atoms. The molecular formula is C15H19BrN2OS. The summed E-state index contributed by atoms with van der Waals surface area (Å²) in [5.41, 5.74) is 2.29. The van der Waals surface area contributed by atoms with E-state index in [0.717, 1.165) is 23.1 Å². The molecule has 5 heteroatoms. The molecule has 0 aliphatic carbocycles. The molecule has 0 saturated heterocycles. The summed E-state index contributed by atoms with van der Waals surface area (Å²) in [5.74, 6) is -0.0298. The molecule has 0 radical (unpaired) electrons. The van der Waals surface area contributed by atoms with Crippen LogP contribution in [0.4, 0.5) is 5.13 Å². The summed E-state index contributed by atoms with van der Waals surface area (Å²) in [5, 5.41) is 3.54. The minimum atomic E-state index is -0.158. The molecule has 1 unspecified atom stereocenters. The summed E-state index contributed by atoms with van der Waals surface area (Å²) in [6, 6.07) is 6.35. The highest BCUT2D eigenvalue weighted by atomic mass is 79.9. The van der Waals surface area contributed by atoms with Gasteiger partial charge in [-0.3, -0.25) is 4.79 Å². The molecule has 0 aliphatic rings. The van der Waals surface area contributed by atoms with Gasteiger partial charge < -0.3 is 5.32 Å². The number of hydrogen-bond acceptors (Lipinski definition) is 3. The topological polar surface area (TPSA) is 42.0 Å². The van der Waals surface area contributed by atoms with Crippen LogP contribution in [-0.2, 0) is 11.2 Å². The highest BCUT2D eigenvalue weighted by Gasteiger charge is 2.14. The van der Waals surface area contributed by atoms with Gasteiger partial charge in [0.2, 0.25) is 5.91 Å². The van der Waals surface area contributed by atoms with Crippen molar-refractivity contribution in [1.82, 2.24) is 4.98 Å². The SMILES string of the molecule is CCCCc1ccc2nc(NC(=O)C(Br)CC)sc2c1. The fourth-order valence-electron chi connectivity index (χ4n) is 1.93. The van der Waals surface area contributed by atoms with E-state index in [1.165, 1.54) is 29.7 Å². The van der Waals surface area contributed by atoms with E-state index in [-0.39, 0.29) is 10.7 Å². The number of rotatable bonds is 6. The molecule has 0 saturated carbocycles. The zero-order valence-corrected chi connectivity index (χ0v) is 14.2. The summed E-state index contributed by atoms with van der Waals surface area (Å²) in [6.45, 7) is 4.17. The van der Waals surface area contributed by atoms with Crippen LogP contribution >= 0.6 is 27.3 Å². The minimum Gasteiger partial charge on any atom is -0.301 e. The Morgan fingerprint density at radius 2 is 2.25 bits per heavy atom. The van der Waals surface area contributed by atoms with Crippen molar-refractivity contribution in [1.29, 1.82) is 0 Å². The number of nitrogens with zero attached hydrogens (tertiary/aromatic N) is 1. The monoisotopic (exact) mass is 354 g/mol. The maximum atomic E-state index is 11.8. The molecule has 0 aliphatic heterocycles. The third-order valence-electron chi connectivity index (χ3n) is 3.14. The molecule has 0 bridgehead atoms. The molecule has 108 valence electrons. The summed E-state index contributed by atoms with van der Waals surface area (Å²) in [6.07, 6.45) is 4.27. The first kappa shape index (κ1) is 15.4. The average molecular weight is 355 g/mol. The predicted molar refractivity (Wildman–Crippen MR) is 89.9 cm³/mol. The number of nitrogens with one attached hydrogen (secondary N) is 1. The molecule has 1 aromatic carbocycles. The van der Waals surface area contributed by atoms with Crippen molar-refractivity contribution in [2.75, 3.05) is 5.32 Å². The van der Waals surface area contributed by atoms with E-state index in [2.05, 4.69) is 45.3 Å². The average Bonchev–Trinajstić information content (AvgIpc) is 2.85. The summed E-state index contributed by atoms with van der Waals surface area (Å²) in [7, 11) is 0. The van der Waals surface area contributed by atoms with E-state index in [0.29, 0.717) is 5.13 Å². The number of carbonyl (C=O) groups excluding carboxylic acids is 1. The molecule has 2 rings (SSSR count). The van der Waals surface area contributed by atoms with Crippen LogP contribution in [0.3, 0.4) is 0 Å². The van der Waals surface area contributed by atoms with Gasteiger partial charge in [-0.15, -0.1) is 0 Å². The molecule has 1 atom stereocenters. The molecule has 20 heavy (non-hydrogen) atoms. The van der Waals surface area contributed by atoms with Gasteiger partial charge in [0.25, 0.3) is 0 Å². The number of benzene rings is 1. The Hall–Kier alpha value is -0.940. The Kier molecular flexibility index (Phi) is 5.54. The predicted octanol–water partition coefficient (Wildman–Crippen LogP) is 4.75. The van der Waals surface area contributed by atoms with Crippen molar-refractivity contribution in [3.63, 3.8) is 0 Å². The van der Waals surface area contributed by atoms with Crippen LogP contribution in [0.2, 0.25) is 0 Å². The molecule has 1 N–H and O–H groups in total. The number of aromatic nitrogens is 1. The smallest absolute Gasteiger partial charge is 0.239 e. The van der Waals surface area contributed by atoms with Crippen LogP contribution < -0.4 is 5.32 Å². The third-order valence-corrected chi connectivity index (χ3v) is 5.14. The van der Waals surface area contributed by atoms with Gasteiger partial charge in [-0.05, 0) is 37.0 Å². The number of amides is 1. The van der Waals surface area contributed by atoms with E-state index in [9.17, 15) is 4.79 Å². The van der Waals surface area contributed by atoms with Gasteiger partial charge in [0.1, 0.15) is 0 Å². The molecule has 0 fully saturated rings. The lowest BCUT2D eigenvalue weighted by atomic mass is 10.1. The highest BCUT2D eigenvalue weighted by molar-refractivity contribution is 9.10. The van der Waals surface area contributed by atoms with Crippen molar-refractivity contribution >= 4 is 48.5 Å². The second-order valence-corrected chi connectivity index (χ2v) is 6.93. The molecule has 1 aromatic heterocycles. The zero-order chi connectivity index (χ0) is 14.5. The normalized spacial score (nSPS) is 12.6. The van der Waals surface area contributed by atoms with Crippen molar-refractivity contribution < 1.29 is 4.79 Å². The Morgan fingerprint density at radius 3 is 2.95 bits per heavy atom. The van der Waals surface area contributed by atoms with E-state index in [4.69, 9.17) is 0 Å². The second kappa shape index (κ2) is 7.18. The first-order valence-electron chi connectivity index (χ1n) is 6.98. The number of carbonyl (C=O) groups is 1. The summed E-state index contributed by atoms with van der Waals surface area (Å²) >= 11 is 4.89. The van der Waals surface area contributed by atoms with Crippen molar-refractivity contribution in [2.24, 2.45) is 0 Å². The largest absolute Gasteiger partial charge is 0.301 e. The highest BCUT2D eigenvalue weighted by Crippen LogP contribution is 2.27. The van der Waals surface area contributed by atoms with Crippen LogP contribution in [0.15, 0.2) is 18.2 Å². The van der Waals surface area contributed by atoms with Gasteiger partial charge in [0, 0.05) is 0 Å². The van der Waals surface area contributed by atoms with Crippen LogP contribution in [0.5, 0.6) is 0 Å². The summed E-state index contributed by atoms with van der Waals surface area (Å²) in [4.78, 5) is 16.1. The quantitative estimate of drug-likeness (QED) is 0.760. The van der Waals surface area contributed by atoms with E-state index in [1.54, 1.807) is 0 Å². The first-order chi connectivity index (χ1) is 9.63. The Balaban J connectivity index is 2.14. The van der Waals surface area contributed by atoms with Gasteiger partial charge >= 0.3 is 0 Å². The van der Waals surface area contributed by atoms with Crippen LogP contribution in [-0.4, -0.2) is 15.7 Å². The standard InChI is InChI=1S/C15H19BrN2OS/c1-3-5-6-10-7-8-12-13(9-10)20-15(17-12)18-14(19)11(16)4-2/h7-9,11H,3-6H2,1-2H3,(H,17,18,19). The lowest BCUT2D eigenvalue weighted by molar-refractivity contribution is -0.115. The maximum Gasteiger partial charge on any atom is 0.239 e. The van der Waals surface area contributed by atoms with Gasteiger partial charge in [0.15, 0.2) is 5.13 Å². The lowest BCUT2D eigenvalue weighted by Gasteiger charge is -2.04. The van der Waals surface area contributed by atoms with Crippen molar-refractivity contribution in [3.05, 3.63) is 23.8 Å². The Bertz CT molecular complexity index is 597. The van der Waals surface area contributed by atoms with E-state index >= 15 is 0 Å². The summed E-state index contributed by atoms with van der Waals surface area (Å²) < 4.78 is 1.14. The fourth-order valence-corrected chi connectivity index (χ4v) is 2.97. The van der Waals surface area contributed by atoms with E-state index in [1.807, 2.05) is 13.0 Å². The Labute approximate surface area is 131 Å². The zero-order valence-electron chi connectivity index (χ0n) is 11.8. The first-order valence-corrected chi connectivity index (χ1v) is 8.71. The molecular weight excluding hydrogens is 336 g/mol. The van der Waals surface area contributed by atoms with Gasteiger partial charge in [0.05, 0.1) is 15.0 Å².